The van der Waals surface area contributed by atoms with Gasteiger partial charge in [-0.2, -0.15) is 0 Å². The second kappa shape index (κ2) is 7.85. The summed E-state index contributed by atoms with van der Waals surface area (Å²) in [5.74, 6) is -0.260. The molecule has 0 saturated carbocycles. The lowest BCUT2D eigenvalue weighted by Crippen LogP contribution is -2.15. The van der Waals surface area contributed by atoms with Gasteiger partial charge in [-0.25, -0.2) is 0 Å². The minimum atomic E-state index is -0.807. The summed E-state index contributed by atoms with van der Waals surface area (Å²) in [6.07, 6.45) is 2.25. The van der Waals surface area contributed by atoms with E-state index in [1.54, 1.807) is 12.1 Å². The average molecular weight is 305 g/mol. The van der Waals surface area contributed by atoms with Crippen LogP contribution in [0.1, 0.15) is 42.9 Å². The molecule has 0 aliphatic heterocycles. The Hall–Kier alpha value is -1.79. The molecule has 0 radical (unpaired) electrons. The van der Waals surface area contributed by atoms with Crippen LogP contribution in [0.4, 0.5) is 5.13 Å². The van der Waals surface area contributed by atoms with Gasteiger partial charge in [0.05, 0.1) is 12.5 Å². The van der Waals surface area contributed by atoms with Gasteiger partial charge in [0, 0.05) is 6.42 Å². The van der Waals surface area contributed by atoms with E-state index in [-0.39, 0.29) is 12.3 Å². The van der Waals surface area contributed by atoms with Crippen LogP contribution < -0.4 is 5.32 Å². The van der Waals surface area contributed by atoms with Crippen LogP contribution in [0.15, 0.2) is 30.3 Å². The Morgan fingerprint density at radius 3 is 2.81 bits per heavy atom. The van der Waals surface area contributed by atoms with Gasteiger partial charge in [-0.15, -0.1) is 10.2 Å². The molecule has 0 bridgehead atoms. The molecule has 2 N–H and O–H groups in total. The molecular weight excluding hydrogens is 286 g/mol. The maximum Gasteiger partial charge on any atom is 0.229 e. The van der Waals surface area contributed by atoms with E-state index in [4.69, 9.17) is 0 Å². The summed E-state index contributed by atoms with van der Waals surface area (Å²) in [4.78, 5) is 11.9. The molecule has 0 fully saturated rings. The lowest BCUT2D eigenvalue weighted by molar-refractivity contribution is -0.118. The van der Waals surface area contributed by atoms with Crippen molar-refractivity contribution in [1.82, 2.24) is 10.2 Å². The van der Waals surface area contributed by atoms with Crippen molar-refractivity contribution < 1.29 is 9.90 Å². The molecule has 0 saturated heterocycles. The zero-order valence-corrected chi connectivity index (χ0v) is 12.8. The first kappa shape index (κ1) is 15.6. The van der Waals surface area contributed by atoms with E-state index in [2.05, 4.69) is 22.4 Å². The highest BCUT2D eigenvalue weighted by Gasteiger charge is 2.14. The second-order valence-electron chi connectivity index (χ2n) is 4.78. The normalized spacial score (nSPS) is 12.1. The van der Waals surface area contributed by atoms with Crippen LogP contribution in [0.25, 0.3) is 0 Å². The minimum absolute atomic E-state index is 0.00782. The van der Waals surface area contributed by atoms with Crippen LogP contribution in [-0.2, 0) is 11.2 Å². The maximum absolute atomic E-state index is 11.9. The molecule has 5 nitrogen and oxygen atoms in total. The molecule has 0 spiro atoms. The van der Waals surface area contributed by atoms with E-state index >= 15 is 0 Å². The molecule has 21 heavy (non-hydrogen) atoms. The lowest BCUT2D eigenvalue weighted by atomic mass is 10.1. The number of nitrogens with zero attached hydrogens (tertiary/aromatic N) is 2. The Kier molecular flexibility index (Phi) is 5.83. The number of hydrogen-bond acceptors (Lipinski definition) is 5. The van der Waals surface area contributed by atoms with Gasteiger partial charge in [0.1, 0.15) is 5.01 Å². The van der Waals surface area contributed by atoms with Crippen molar-refractivity contribution in [2.24, 2.45) is 0 Å². The van der Waals surface area contributed by atoms with Crippen molar-refractivity contribution in [3.63, 3.8) is 0 Å². The number of carbonyl (C=O) groups excluding carboxylic acids is 1. The number of aromatic nitrogens is 2. The number of amides is 1. The third-order valence-electron chi connectivity index (χ3n) is 3.02. The van der Waals surface area contributed by atoms with Crippen LogP contribution in [0.3, 0.4) is 0 Å². The molecule has 2 rings (SSSR count). The number of nitrogens with one attached hydrogen (secondary N) is 1. The number of unbranched alkanes of at least 4 members (excludes halogenated alkanes) is 1. The van der Waals surface area contributed by atoms with E-state index in [0.29, 0.717) is 5.13 Å². The molecule has 1 amide bonds. The number of hydrogen-bond donors (Lipinski definition) is 2. The van der Waals surface area contributed by atoms with Crippen LogP contribution >= 0.6 is 11.3 Å². The lowest BCUT2D eigenvalue weighted by Gasteiger charge is -2.09. The summed E-state index contributed by atoms with van der Waals surface area (Å²) in [7, 11) is 0. The van der Waals surface area contributed by atoms with Gasteiger partial charge in [0.15, 0.2) is 0 Å². The third kappa shape index (κ3) is 4.91. The molecule has 0 aliphatic rings. The summed E-state index contributed by atoms with van der Waals surface area (Å²) in [5, 5.41) is 22.1. The number of rotatable bonds is 7. The van der Waals surface area contributed by atoms with Crippen molar-refractivity contribution in [1.29, 1.82) is 0 Å². The van der Waals surface area contributed by atoms with E-state index in [1.807, 2.05) is 18.2 Å². The number of carbonyl (C=O) groups is 1. The van der Waals surface area contributed by atoms with Crippen molar-refractivity contribution >= 4 is 22.4 Å². The van der Waals surface area contributed by atoms with Crippen molar-refractivity contribution in [3.8, 4) is 0 Å². The van der Waals surface area contributed by atoms with Gasteiger partial charge in [-0.05, 0) is 12.0 Å². The topological polar surface area (TPSA) is 75.1 Å². The SMILES string of the molecule is CCCCc1nnc(NC(=O)CC(O)c2ccccc2)s1. The fourth-order valence-corrected chi connectivity index (χ4v) is 2.67. The molecule has 1 heterocycles. The molecule has 1 aromatic heterocycles. The third-order valence-corrected chi connectivity index (χ3v) is 3.92. The summed E-state index contributed by atoms with van der Waals surface area (Å²) in [6.45, 7) is 2.12. The first-order chi connectivity index (χ1) is 10.2. The first-order valence-electron chi connectivity index (χ1n) is 7.04. The van der Waals surface area contributed by atoms with Gasteiger partial charge >= 0.3 is 0 Å². The van der Waals surface area contributed by atoms with Crippen LogP contribution in [-0.4, -0.2) is 21.2 Å². The molecule has 112 valence electrons. The van der Waals surface area contributed by atoms with Crippen LogP contribution in [0.2, 0.25) is 0 Å². The fraction of sp³-hybridized carbons (Fsp3) is 0.400. The summed E-state index contributed by atoms with van der Waals surface area (Å²) in [5.41, 5.74) is 0.730. The predicted octanol–water partition coefficient (Wildman–Crippen LogP) is 2.94. The fourth-order valence-electron chi connectivity index (χ4n) is 1.87. The number of anilines is 1. The van der Waals surface area contributed by atoms with E-state index in [1.165, 1.54) is 11.3 Å². The molecule has 2 aromatic rings. The van der Waals surface area contributed by atoms with Gasteiger partial charge in [0.2, 0.25) is 11.0 Å². The number of aryl methyl sites for hydroxylation is 1. The van der Waals surface area contributed by atoms with E-state index < -0.39 is 6.10 Å². The number of aliphatic hydroxyl groups excluding tert-OH is 1. The molecule has 1 unspecified atom stereocenters. The van der Waals surface area contributed by atoms with Gasteiger partial charge in [-0.3, -0.25) is 4.79 Å². The largest absolute Gasteiger partial charge is 0.388 e. The average Bonchev–Trinajstić information content (AvgIpc) is 2.93. The highest BCUT2D eigenvalue weighted by Crippen LogP contribution is 2.20. The predicted molar refractivity (Wildman–Crippen MR) is 83.2 cm³/mol. The Morgan fingerprint density at radius 1 is 1.33 bits per heavy atom. The van der Waals surface area contributed by atoms with Gasteiger partial charge < -0.3 is 10.4 Å². The Bertz CT molecular complexity index is 571. The second-order valence-corrected chi connectivity index (χ2v) is 5.85. The van der Waals surface area contributed by atoms with E-state index in [0.717, 1.165) is 29.8 Å². The van der Waals surface area contributed by atoms with Crippen molar-refractivity contribution in [2.45, 2.75) is 38.7 Å². The Labute approximate surface area is 128 Å². The smallest absolute Gasteiger partial charge is 0.229 e. The molecule has 1 atom stereocenters. The highest BCUT2D eigenvalue weighted by atomic mass is 32.1. The van der Waals surface area contributed by atoms with Crippen molar-refractivity contribution in [3.05, 3.63) is 40.9 Å². The Balaban J connectivity index is 1.85. The van der Waals surface area contributed by atoms with Crippen molar-refractivity contribution in [2.75, 3.05) is 5.32 Å². The first-order valence-corrected chi connectivity index (χ1v) is 7.86. The molecule has 0 aliphatic carbocycles. The molecular formula is C15H19N3O2S. The number of aliphatic hydroxyl groups is 1. The molecule has 1 aromatic carbocycles. The van der Waals surface area contributed by atoms with Crippen LogP contribution in [0.5, 0.6) is 0 Å². The number of benzene rings is 1. The highest BCUT2D eigenvalue weighted by molar-refractivity contribution is 7.15. The minimum Gasteiger partial charge on any atom is -0.388 e. The monoisotopic (exact) mass is 305 g/mol. The van der Waals surface area contributed by atoms with Gasteiger partial charge in [0.25, 0.3) is 0 Å². The molecule has 6 heteroatoms. The zero-order chi connectivity index (χ0) is 15.1. The maximum atomic E-state index is 11.9. The summed E-state index contributed by atoms with van der Waals surface area (Å²) < 4.78 is 0. The summed E-state index contributed by atoms with van der Waals surface area (Å²) >= 11 is 1.39. The van der Waals surface area contributed by atoms with E-state index in [9.17, 15) is 9.90 Å². The zero-order valence-electron chi connectivity index (χ0n) is 12.0. The Morgan fingerprint density at radius 2 is 2.10 bits per heavy atom. The standard InChI is InChI=1S/C15H19N3O2S/c1-2-3-9-14-17-18-15(21-14)16-13(20)10-12(19)11-7-5-4-6-8-11/h4-8,12,19H,2-3,9-10H2,1H3,(H,16,18,20). The summed E-state index contributed by atoms with van der Waals surface area (Å²) in [6, 6.07) is 9.13. The van der Waals surface area contributed by atoms with Gasteiger partial charge in [-0.1, -0.05) is 55.0 Å². The quantitative estimate of drug-likeness (QED) is 0.824. The van der Waals surface area contributed by atoms with Crippen LogP contribution in [0, 0.1) is 0 Å².